The molecule has 0 unspecified atom stereocenters. The van der Waals surface area contributed by atoms with E-state index in [0.717, 1.165) is 11.8 Å². The Bertz CT molecular complexity index is 1720. The zero-order valence-electron chi connectivity index (χ0n) is 20.2. The predicted octanol–water partition coefficient (Wildman–Crippen LogP) is 5.52. The molecule has 0 aromatic heterocycles. The van der Waals surface area contributed by atoms with Crippen LogP contribution in [-0.4, -0.2) is 35.0 Å². The smallest absolute Gasteiger partial charge is 0.265 e. The van der Waals surface area contributed by atoms with E-state index < -0.39 is 20.0 Å². The van der Waals surface area contributed by atoms with Crippen LogP contribution in [0.25, 0.3) is 10.8 Å². The van der Waals surface area contributed by atoms with Crippen LogP contribution in [0.5, 0.6) is 0 Å². The van der Waals surface area contributed by atoms with E-state index in [4.69, 9.17) is 0 Å². The maximum Gasteiger partial charge on any atom is 0.265 e. The van der Waals surface area contributed by atoms with E-state index in [1.165, 1.54) is 14.7 Å². The lowest BCUT2D eigenvalue weighted by molar-refractivity contribution is 0.109. The fraction of sp³-hybridized carbons (Fsp3) is 0.148. The quantitative estimate of drug-likeness (QED) is 0.286. The first-order valence-corrected chi connectivity index (χ1v) is 15.4. The second-order valence-corrected chi connectivity index (χ2v) is 13.0. The monoisotopic (exact) mass is 552 g/mol. The Kier molecular flexibility index (Phi) is 6.51. The lowest BCUT2D eigenvalue weighted by Crippen LogP contribution is -2.33. The maximum atomic E-state index is 14.1. The summed E-state index contributed by atoms with van der Waals surface area (Å²) >= 11 is 0.823. The van der Waals surface area contributed by atoms with Crippen molar-refractivity contribution < 1.29 is 21.6 Å². The summed E-state index contributed by atoms with van der Waals surface area (Å²) in [4.78, 5) is 12.8. The fourth-order valence-electron chi connectivity index (χ4n) is 4.62. The van der Waals surface area contributed by atoms with Crippen LogP contribution < -0.4 is 8.61 Å². The van der Waals surface area contributed by atoms with Gasteiger partial charge >= 0.3 is 0 Å². The molecule has 0 fully saturated rings. The second kappa shape index (κ2) is 9.51. The van der Waals surface area contributed by atoms with Crippen LogP contribution in [0.15, 0.2) is 99.6 Å². The summed E-state index contributed by atoms with van der Waals surface area (Å²) in [5.41, 5.74) is 1.21. The number of carbonyl (C=O) groups is 1. The molecule has 7 nitrogen and oxygen atoms in total. The van der Waals surface area contributed by atoms with Crippen molar-refractivity contribution in [2.45, 2.75) is 28.5 Å². The summed E-state index contributed by atoms with van der Waals surface area (Å²) < 4.78 is 58.9. The molecule has 0 N–H and O–H groups in total. The minimum atomic E-state index is -4.23. The molecule has 0 atom stereocenters. The van der Waals surface area contributed by atoms with Crippen molar-refractivity contribution in [3.8, 4) is 0 Å². The number of thioether (sulfide) groups is 1. The summed E-state index contributed by atoms with van der Waals surface area (Å²) in [6, 6.07) is 23.3. The molecule has 0 saturated heterocycles. The van der Waals surface area contributed by atoms with Crippen molar-refractivity contribution in [3.05, 3.63) is 90.5 Å². The maximum absolute atomic E-state index is 14.1. The topological polar surface area (TPSA) is 91.8 Å². The molecule has 1 aliphatic heterocycles. The van der Waals surface area contributed by atoms with Gasteiger partial charge in [0.05, 0.1) is 16.3 Å². The first-order chi connectivity index (χ1) is 17.7. The minimum absolute atomic E-state index is 0.122. The highest BCUT2D eigenvalue weighted by Gasteiger charge is 2.37. The largest absolute Gasteiger partial charge is 0.281 e. The third kappa shape index (κ3) is 4.09. The van der Waals surface area contributed by atoms with E-state index >= 15 is 0 Å². The number of hydrogen-bond acceptors (Lipinski definition) is 6. The number of carbonyl (C=O) groups excluding carboxylic acids is 1. The van der Waals surface area contributed by atoms with E-state index in [2.05, 4.69) is 0 Å². The van der Waals surface area contributed by atoms with Crippen LogP contribution in [0, 0.1) is 0 Å². The Balaban J connectivity index is 1.82. The molecule has 0 bridgehead atoms. The van der Waals surface area contributed by atoms with Crippen molar-refractivity contribution in [1.29, 1.82) is 0 Å². The van der Waals surface area contributed by atoms with Gasteiger partial charge in [-0.05, 0) is 62.0 Å². The zero-order valence-corrected chi connectivity index (χ0v) is 22.6. The molecule has 0 aliphatic carbocycles. The molecule has 4 aromatic rings. The average Bonchev–Trinajstić information content (AvgIpc) is 3.23. The van der Waals surface area contributed by atoms with Gasteiger partial charge in [0.2, 0.25) is 5.12 Å². The van der Waals surface area contributed by atoms with E-state index in [1.54, 1.807) is 92.7 Å². The number of sulfonamides is 2. The van der Waals surface area contributed by atoms with Gasteiger partial charge in [-0.2, -0.15) is 0 Å². The lowest BCUT2D eigenvalue weighted by Gasteiger charge is -2.26. The number of benzene rings is 4. The van der Waals surface area contributed by atoms with Gasteiger partial charge in [0.15, 0.2) is 0 Å². The average molecular weight is 553 g/mol. The first kappa shape index (κ1) is 25.3. The highest BCUT2D eigenvalue weighted by molar-refractivity contribution is 8.15. The molecule has 0 spiro atoms. The van der Waals surface area contributed by atoms with Gasteiger partial charge in [-0.15, -0.1) is 0 Å². The predicted molar refractivity (Wildman–Crippen MR) is 147 cm³/mol. The molecule has 4 aromatic carbocycles. The molecule has 0 amide bonds. The van der Waals surface area contributed by atoms with Crippen molar-refractivity contribution in [3.63, 3.8) is 0 Å². The van der Waals surface area contributed by atoms with Crippen molar-refractivity contribution in [2.24, 2.45) is 0 Å². The number of para-hydroxylation sites is 2. The SMILES string of the molecule is CCN(c1ccccc1)S(=O)(=O)c1cc(S(=O)(=O)N(CC)c2ccccc2)c2cccc3c2c1SC3=O. The molecule has 1 aliphatic rings. The Morgan fingerprint density at radius 2 is 1.19 bits per heavy atom. The molecule has 10 heteroatoms. The Labute approximate surface area is 220 Å². The third-order valence-corrected chi connectivity index (χ3v) is 11.3. The van der Waals surface area contributed by atoms with Gasteiger partial charge < -0.3 is 0 Å². The van der Waals surface area contributed by atoms with Gasteiger partial charge in [-0.25, -0.2) is 16.8 Å². The first-order valence-electron chi connectivity index (χ1n) is 11.7. The number of nitrogens with zero attached hydrogens (tertiary/aromatic N) is 2. The molecule has 5 rings (SSSR count). The minimum Gasteiger partial charge on any atom is -0.281 e. The highest BCUT2D eigenvalue weighted by Crippen LogP contribution is 2.47. The summed E-state index contributed by atoms with van der Waals surface area (Å²) in [7, 11) is -8.44. The van der Waals surface area contributed by atoms with Gasteiger partial charge in [-0.3, -0.25) is 13.4 Å². The van der Waals surface area contributed by atoms with E-state index in [9.17, 15) is 21.6 Å². The standard InChI is InChI=1S/C27H24N2O5S3/c1-3-28(19-12-7-5-8-13-19)36(31,32)23-18-24(26-25-21(23)16-11-17-22(25)27(30)35-26)37(33,34)29(4-2)20-14-9-6-10-15-20/h5-18H,3-4H2,1-2H3. The van der Waals surface area contributed by atoms with Crippen molar-refractivity contribution in [2.75, 3.05) is 21.7 Å². The van der Waals surface area contributed by atoms with E-state index in [0.29, 0.717) is 27.7 Å². The van der Waals surface area contributed by atoms with Crippen molar-refractivity contribution >= 4 is 59.1 Å². The lowest BCUT2D eigenvalue weighted by atomic mass is 10.1. The number of anilines is 2. The summed E-state index contributed by atoms with van der Waals surface area (Å²) in [5.74, 6) is 0. The molecular weight excluding hydrogens is 529 g/mol. The van der Waals surface area contributed by atoms with Crippen molar-refractivity contribution in [1.82, 2.24) is 0 Å². The zero-order chi connectivity index (χ0) is 26.4. The van der Waals surface area contributed by atoms with Crippen LogP contribution in [0.1, 0.15) is 24.2 Å². The normalized spacial score (nSPS) is 13.2. The number of hydrogen-bond donors (Lipinski definition) is 0. The summed E-state index contributed by atoms with van der Waals surface area (Å²) in [6.07, 6.45) is 0. The molecule has 1 heterocycles. The van der Waals surface area contributed by atoms with Gasteiger partial charge in [0.1, 0.15) is 4.90 Å². The Morgan fingerprint density at radius 1 is 0.676 bits per heavy atom. The molecular formula is C27H24N2O5S3. The van der Waals surface area contributed by atoms with E-state index in [1.807, 2.05) is 0 Å². The van der Waals surface area contributed by atoms with Gasteiger partial charge in [0.25, 0.3) is 20.0 Å². The van der Waals surface area contributed by atoms with Crippen LogP contribution in [0.2, 0.25) is 0 Å². The Morgan fingerprint density at radius 3 is 1.70 bits per heavy atom. The molecule has 37 heavy (non-hydrogen) atoms. The van der Waals surface area contributed by atoms with Gasteiger partial charge in [0, 0.05) is 34.3 Å². The number of rotatable bonds is 8. The summed E-state index contributed by atoms with van der Waals surface area (Å²) in [6.45, 7) is 3.68. The van der Waals surface area contributed by atoms with Gasteiger partial charge in [-0.1, -0.05) is 48.5 Å². The molecule has 0 saturated carbocycles. The highest BCUT2D eigenvalue weighted by atomic mass is 32.2. The van der Waals surface area contributed by atoms with Crippen LogP contribution >= 0.6 is 11.8 Å². The summed E-state index contributed by atoms with van der Waals surface area (Å²) in [5, 5.41) is 0.358. The fourth-order valence-corrected chi connectivity index (χ4v) is 9.35. The molecule has 190 valence electrons. The van der Waals surface area contributed by atoms with E-state index in [-0.39, 0.29) is 32.9 Å². The van der Waals surface area contributed by atoms with Crippen LogP contribution in [-0.2, 0) is 20.0 Å². The van der Waals surface area contributed by atoms with Crippen LogP contribution in [0.4, 0.5) is 11.4 Å². The second-order valence-electron chi connectivity index (χ2n) is 8.33. The third-order valence-electron chi connectivity index (χ3n) is 6.26. The Hall–Kier alpha value is -3.34. The molecule has 0 radical (unpaired) electrons. The van der Waals surface area contributed by atoms with Crippen LogP contribution in [0.3, 0.4) is 0 Å².